The molecule has 4 nitrogen and oxygen atoms in total. The topological polar surface area (TPSA) is 66.8 Å². The molecule has 4 heteroatoms. The minimum atomic E-state index is -0.210. The van der Waals surface area contributed by atoms with Gasteiger partial charge in [-0.25, -0.2) is 0 Å². The van der Waals surface area contributed by atoms with E-state index in [4.69, 9.17) is 4.74 Å². The zero-order chi connectivity index (χ0) is 13.8. The molecule has 0 atom stereocenters. The SMILES string of the molecule is COc1ccc(CC(=O)c2ccc(O)cc2O)cc1.[HH]. The van der Waals surface area contributed by atoms with Gasteiger partial charge in [-0.3, -0.25) is 4.79 Å². The number of benzene rings is 2. The van der Waals surface area contributed by atoms with Crippen molar-refractivity contribution in [3.8, 4) is 17.2 Å². The van der Waals surface area contributed by atoms with Crippen LogP contribution in [0.5, 0.6) is 17.2 Å². The number of aromatic hydroxyl groups is 2. The van der Waals surface area contributed by atoms with Gasteiger partial charge in [0.05, 0.1) is 12.7 Å². The highest BCUT2D eigenvalue weighted by Crippen LogP contribution is 2.24. The van der Waals surface area contributed by atoms with Crippen molar-refractivity contribution < 1.29 is 21.2 Å². The molecular formula is C15H16O4. The average Bonchev–Trinajstić information content (AvgIpc) is 2.39. The van der Waals surface area contributed by atoms with Crippen molar-refractivity contribution in [2.45, 2.75) is 6.42 Å². The third kappa shape index (κ3) is 3.04. The molecule has 2 aromatic carbocycles. The Labute approximate surface area is 112 Å². The summed E-state index contributed by atoms with van der Waals surface area (Å²) in [5.41, 5.74) is 1.03. The Morgan fingerprint density at radius 3 is 2.42 bits per heavy atom. The minimum Gasteiger partial charge on any atom is -0.508 e. The Bertz CT molecular complexity index is 593. The van der Waals surface area contributed by atoms with E-state index in [1.54, 1.807) is 31.4 Å². The van der Waals surface area contributed by atoms with E-state index in [-0.39, 0.29) is 30.7 Å². The molecule has 2 N–H and O–H groups in total. The summed E-state index contributed by atoms with van der Waals surface area (Å²) in [4.78, 5) is 12.0. The molecule has 0 saturated carbocycles. The number of rotatable bonds is 4. The summed E-state index contributed by atoms with van der Waals surface area (Å²) in [7, 11) is 1.58. The lowest BCUT2D eigenvalue weighted by Gasteiger charge is -2.05. The molecule has 2 aromatic rings. The predicted molar refractivity (Wildman–Crippen MR) is 72.9 cm³/mol. The molecule has 0 saturated heterocycles. The van der Waals surface area contributed by atoms with Gasteiger partial charge in [-0.1, -0.05) is 12.1 Å². The summed E-state index contributed by atoms with van der Waals surface area (Å²) in [6.07, 6.45) is 0.183. The van der Waals surface area contributed by atoms with Crippen LogP contribution in [0, 0.1) is 0 Å². The first-order chi connectivity index (χ1) is 9.10. The van der Waals surface area contributed by atoms with E-state index in [0.717, 1.165) is 17.4 Å². The Kier molecular flexibility index (Phi) is 3.71. The van der Waals surface area contributed by atoms with Gasteiger partial charge in [-0.2, -0.15) is 0 Å². The molecule has 0 aliphatic heterocycles. The van der Waals surface area contributed by atoms with Crippen molar-refractivity contribution in [3.63, 3.8) is 0 Å². The summed E-state index contributed by atoms with van der Waals surface area (Å²) in [6, 6.07) is 11.1. The smallest absolute Gasteiger partial charge is 0.170 e. The predicted octanol–water partition coefficient (Wildman–Crippen LogP) is 2.78. The van der Waals surface area contributed by atoms with Gasteiger partial charge in [0.15, 0.2) is 5.78 Å². The molecule has 2 rings (SSSR count). The summed E-state index contributed by atoms with van der Waals surface area (Å²) in [5, 5.41) is 18.8. The molecule has 0 aliphatic rings. The van der Waals surface area contributed by atoms with Gasteiger partial charge in [-0.15, -0.1) is 0 Å². The fourth-order valence-corrected chi connectivity index (χ4v) is 1.78. The second kappa shape index (κ2) is 5.44. The van der Waals surface area contributed by atoms with Crippen molar-refractivity contribution in [3.05, 3.63) is 53.6 Å². The minimum absolute atomic E-state index is 0. The van der Waals surface area contributed by atoms with Crippen LogP contribution >= 0.6 is 0 Å². The maximum atomic E-state index is 12.0. The standard InChI is InChI=1S/C15H14O4.H2/c1-19-12-5-2-10(3-6-12)8-14(17)13-7-4-11(16)9-15(13)18;/h2-7,9,16,18H,8H2,1H3;1H. The highest BCUT2D eigenvalue weighted by molar-refractivity contribution is 6.00. The van der Waals surface area contributed by atoms with E-state index in [9.17, 15) is 15.0 Å². The molecule has 0 aliphatic carbocycles. The molecule has 0 aromatic heterocycles. The number of phenolic OH excluding ortho intramolecular Hbond substituents is 2. The van der Waals surface area contributed by atoms with E-state index in [1.165, 1.54) is 12.1 Å². The summed E-state index contributed by atoms with van der Waals surface area (Å²) < 4.78 is 5.04. The van der Waals surface area contributed by atoms with Crippen LogP contribution < -0.4 is 4.74 Å². The van der Waals surface area contributed by atoms with E-state index >= 15 is 0 Å². The zero-order valence-electron chi connectivity index (χ0n) is 10.5. The Morgan fingerprint density at radius 1 is 1.16 bits per heavy atom. The zero-order valence-corrected chi connectivity index (χ0v) is 10.5. The third-order valence-electron chi connectivity index (χ3n) is 2.81. The molecule has 0 amide bonds. The number of hydrogen-bond donors (Lipinski definition) is 2. The Hall–Kier alpha value is -2.49. The maximum Gasteiger partial charge on any atom is 0.170 e. The van der Waals surface area contributed by atoms with Crippen LogP contribution in [0.4, 0.5) is 0 Å². The first-order valence-corrected chi connectivity index (χ1v) is 5.78. The van der Waals surface area contributed by atoms with Crippen molar-refractivity contribution in [1.29, 1.82) is 0 Å². The second-order valence-electron chi connectivity index (χ2n) is 4.15. The van der Waals surface area contributed by atoms with Gasteiger partial charge in [0.1, 0.15) is 17.2 Å². The Balaban J connectivity index is 0.00000200. The first kappa shape index (κ1) is 13.0. The van der Waals surface area contributed by atoms with E-state index < -0.39 is 0 Å². The number of carbonyl (C=O) groups is 1. The van der Waals surface area contributed by atoms with E-state index in [2.05, 4.69) is 0 Å². The summed E-state index contributed by atoms with van der Waals surface area (Å²) >= 11 is 0. The van der Waals surface area contributed by atoms with Gasteiger partial charge in [0.2, 0.25) is 0 Å². The van der Waals surface area contributed by atoms with Gasteiger partial charge >= 0.3 is 0 Å². The lowest BCUT2D eigenvalue weighted by Crippen LogP contribution is -2.03. The quantitative estimate of drug-likeness (QED) is 0.829. The van der Waals surface area contributed by atoms with Crippen molar-refractivity contribution in [2.24, 2.45) is 0 Å². The first-order valence-electron chi connectivity index (χ1n) is 5.78. The van der Waals surface area contributed by atoms with E-state index in [0.29, 0.717) is 0 Å². The van der Waals surface area contributed by atoms with Crippen LogP contribution in [0.2, 0.25) is 0 Å². The fraction of sp³-hybridized carbons (Fsp3) is 0.133. The maximum absolute atomic E-state index is 12.0. The van der Waals surface area contributed by atoms with Gasteiger partial charge in [-0.05, 0) is 29.8 Å². The van der Waals surface area contributed by atoms with Crippen molar-refractivity contribution in [1.82, 2.24) is 0 Å². The highest BCUT2D eigenvalue weighted by atomic mass is 16.5. The summed E-state index contributed by atoms with van der Waals surface area (Å²) in [6.45, 7) is 0. The molecule has 100 valence electrons. The van der Waals surface area contributed by atoms with Crippen LogP contribution in [0.3, 0.4) is 0 Å². The molecule has 0 bridgehead atoms. The molecule has 0 spiro atoms. The number of ketones is 1. The van der Waals surface area contributed by atoms with Crippen LogP contribution in [0.25, 0.3) is 0 Å². The van der Waals surface area contributed by atoms with Crippen molar-refractivity contribution in [2.75, 3.05) is 7.11 Å². The van der Waals surface area contributed by atoms with Crippen molar-refractivity contribution >= 4 is 5.78 Å². The molecule has 0 heterocycles. The van der Waals surface area contributed by atoms with Gasteiger partial charge < -0.3 is 14.9 Å². The molecule has 0 fully saturated rings. The number of phenols is 2. The van der Waals surface area contributed by atoms with Crippen LogP contribution in [-0.2, 0) is 6.42 Å². The number of ether oxygens (including phenoxy) is 1. The number of Topliss-reactive ketones (excluding diaryl/α,β-unsaturated/α-hetero) is 1. The van der Waals surface area contributed by atoms with Crippen LogP contribution in [0.1, 0.15) is 17.3 Å². The molecule has 19 heavy (non-hydrogen) atoms. The lowest BCUT2D eigenvalue weighted by molar-refractivity contribution is 0.0990. The number of carbonyl (C=O) groups excluding carboxylic acids is 1. The Morgan fingerprint density at radius 2 is 1.84 bits per heavy atom. The molecule has 0 unspecified atom stereocenters. The largest absolute Gasteiger partial charge is 0.508 e. The molecule has 0 radical (unpaired) electrons. The van der Waals surface area contributed by atoms with Crippen LogP contribution in [0.15, 0.2) is 42.5 Å². The number of hydrogen-bond acceptors (Lipinski definition) is 4. The average molecular weight is 260 g/mol. The monoisotopic (exact) mass is 260 g/mol. The number of methoxy groups -OCH3 is 1. The fourth-order valence-electron chi connectivity index (χ4n) is 1.78. The van der Waals surface area contributed by atoms with Crippen LogP contribution in [-0.4, -0.2) is 23.1 Å². The van der Waals surface area contributed by atoms with Gasteiger partial charge in [0.25, 0.3) is 0 Å². The molecular weight excluding hydrogens is 244 g/mol. The highest BCUT2D eigenvalue weighted by Gasteiger charge is 2.12. The van der Waals surface area contributed by atoms with Gasteiger partial charge in [0, 0.05) is 13.9 Å². The summed E-state index contributed by atoms with van der Waals surface area (Å²) in [5.74, 6) is 0.239. The lowest BCUT2D eigenvalue weighted by atomic mass is 10.0. The normalized spacial score (nSPS) is 10.2. The third-order valence-corrected chi connectivity index (χ3v) is 2.81. The van der Waals surface area contributed by atoms with E-state index in [1.807, 2.05) is 0 Å². The second-order valence-corrected chi connectivity index (χ2v) is 4.15.